The Morgan fingerprint density at radius 2 is 2.05 bits per heavy atom. The van der Waals surface area contributed by atoms with Gasteiger partial charge in [-0.25, -0.2) is 4.98 Å². The van der Waals surface area contributed by atoms with Crippen LogP contribution < -0.4 is 5.32 Å². The highest BCUT2D eigenvalue weighted by atomic mass is 15.1. The van der Waals surface area contributed by atoms with Crippen LogP contribution >= 0.6 is 0 Å². The Bertz CT molecular complexity index is 567. The molecule has 0 saturated heterocycles. The number of hydrogen-bond acceptors (Lipinski definition) is 2. The van der Waals surface area contributed by atoms with Gasteiger partial charge in [-0.1, -0.05) is 25.0 Å². The quantitative estimate of drug-likeness (QED) is 0.898. The maximum atomic E-state index is 4.78. The van der Waals surface area contributed by atoms with Gasteiger partial charge in [-0.05, 0) is 44.7 Å². The summed E-state index contributed by atoms with van der Waals surface area (Å²) in [4.78, 5) is 4.78. The van der Waals surface area contributed by atoms with Crippen LogP contribution in [0, 0.1) is 5.92 Å². The molecule has 1 aromatic carbocycles. The van der Waals surface area contributed by atoms with Crippen LogP contribution in [0.5, 0.6) is 0 Å². The van der Waals surface area contributed by atoms with Crippen LogP contribution in [0.1, 0.15) is 45.4 Å². The van der Waals surface area contributed by atoms with Crippen LogP contribution in [-0.2, 0) is 13.1 Å². The minimum atomic E-state index is 0.600. The van der Waals surface area contributed by atoms with Gasteiger partial charge in [0.25, 0.3) is 0 Å². The molecule has 1 atom stereocenters. The first kappa shape index (κ1) is 13.6. The Hall–Kier alpha value is -1.35. The van der Waals surface area contributed by atoms with E-state index >= 15 is 0 Å². The fourth-order valence-electron chi connectivity index (χ4n) is 3.49. The topological polar surface area (TPSA) is 29.9 Å². The van der Waals surface area contributed by atoms with Crippen molar-refractivity contribution in [1.29, 1.82) is 0 Å². The fourth-order valence-corrected chi connectivity index (χ4v) is 3.49. The lowest BCUT2D eigenvalue weighted by Gasteiger charge is -2.20. The zero-order valence-electron chi connectivity index (χ0n) is 12.6. The largest absolute Gasteiger partial charge is 0.327 e. The first-order valence-electron chi connectivity index (χ1n) is 7.97. The number of aromatic nitrogens is 2. The van der Waals surface area contributed by atoms with Gasteiger partial charge in [-0.15, -0.1) is 0 Å². The summed E-state index contributed by atoms with van der Waals surface area (Å²) in [5.41, 5.74) is 2.36. The SMILES string of the molecule is CCn1c(CN[C@@H](C)C2CCCC2)nc2ccccc21. The van der Waals surface area contributed by atoms with E-state index in [9.17, 15) is 0 Å². The van der Waals surface area contributed by atoms with Crippen LogP contribution in [0.25, 0.3) is 11.0 Å². The average Bonchev–Trinajstić information content (AvgIpc) is 3.11. The molecular weight excluding hydrogens is 246 g/mol. The second kappa shape index (κ2) is 5.96. The normalized spacial score (nSPS) is 17.9. The summed E-state index contributed by atoms with van der Waals surface area (Å²) in [6.07, 6.45) is 5.59. The molecule has 0 unspecified atom stereocenters. The van der Waals surface area contributed by atoms with Crippen LogP contribution in [-0.4, -0.2) is 15.6 Å². The molecule has 3 nitrogen and oxygen atoms in total. The molecule has 1 aliphatic rings. The van der Waals surface area contributed by atoms with Crippen LogP contribution in [0.2, 0.25) is 0 Å². The number of nitrogens with zero attached hydrogens (tertiary/aromatic N) is 2. The van der Waals surface area contributed by atoms with E-state index in [0.717, 1.165) is 24.5 Å². The van der Waals surface area contributed by atoms with Crippen molar-refractivity contribution >= 4 is 11.0 Å². The van der Waals surface area contributed by atoms with Crippen molar-refractivity contribution in [3.63, 3.8) is 0 Å². The molecule has 0 aliphatic heterocycles. The van der Waals surface area contributed by atoms with E-state index in [2.05, 4.69) is 48.0 Å². The molecule has 1 saturated carbocycles. The smallest absolute Gasteiger partial charge is 0.123 e. The van der Waals surface area contributed by atoms with Crippen LogP contribution in [0.15, 0.2) is 24.3 Å². The second-order valence-corrected chi connectivity index (χ2v) is 5.98. The van der Waals surface area contributed by atoms with Crippen molar-refractivity contribution in [2.75, 3.05) is 0 Å². The van der Waals surface area contributed by atoms with Crippen LogP contribution in [0.3, 0.4) is 0 Å². The first-order valence-corrected chi connectivity index (χ1v) is 7.97. The van der Waals surface area contributed by atoms with Crippen molar-refractivity contribution in [3.8, 4) is 0 Å². The van der Waals surface area contributed by atoms with Crippen molar-refractivity contribution in [2.24, 2.45) is 5.92 Å². The molecular formula is C17H25N3. The number of aryl methyl sites for hydroxylation is 1. The average molecular weight is 271 g/mol. The molecule has 0 spiro atoms. The molecule has 1 heterocycles. The van der Waals surface area contributed by atoms with Crippen molar-refractivity contribution < 1.29 is 0 Å². The monoisotopic (exact) mass is 271 g/mol. The minimum absolute atomic E-state index is 0.600. The zero-order valence-corrected chi connectivity index (χ0v) is 12.6. The van der Waals surface area contributed by atoms with Crippen LogP contribution in [0.4, 0.5) is 0 Å². The predicted octanol–water partition coefficient (Wildman–Crippen LogP) is 3.72. The highest BCUT2D eigenvalue weighted by Gasteiger charge is 2.21. The minimum Gasteiger partial charge on any atom is -0.327 e. The maximum absolute atomic E-state index is 4.78. The van der Waals surface area contributed by atoms with Gasteiger partial charge in [-0.2, -0.15) is 0 Å². The molecule has 1 fully saturated rings. The summed E-state index contributed by atoms with van der Waals surface area (Å²) in [6, 6.07) is 9.02. The molecule has 1 aromatic heterocycles. The molecule has 1 aliphatic carbocycles. The van der Waals surface area contributed by atoms with Gasteiger partial charge in [0.15, 0.2) is 0 Å². The Morgan fingerprint density at radius 3 is 2.80 bits per heavy atom. The molecule has 3 heteroatoms. The number of imidazole rings is 1. The summed E-state index contributed by atoms with van der Waals surface area (Å²) < 4.78 is 2.32. The van der Waals surface area contributed by atoms with Gasteiger partial charge in [0.1, 0.15) is 5.82 Å². The second-order valence-electron chi connectivity index (χ2n) is 5.98. The molecule has 3 rings (SSSR count). The lowest BCUT2D eigenvalue weighted by molar-refractivity contribution is 0.375. The van der Waals surface area contributed by atoms with Gasteiger partial charge in [0.2, 0.25) is 0 Å². The molecule has 2 aromatic rings. The van der Waals surface area contributed by atoms with Gasteiger partial charge >= 0.3 is 0 Å². The number of para-hydroxylation sites is 2. The number of benzene rings is 1. The van der Waals surface area contributed by atoms with E-state index in [4.69, 9.17) is 4.98 Å². The predicted molar refractivity (Wildman–Crippen MR) is 83.7 cm³/mol. The molecule has 0 amide bonds. The Morgan fingerprint density at radius 1 is 1.30 bits per heavy atom. The molecule has 108 valence electrons. The van der Waals surface area contributed by atoms with Crippen molar-refractivity contribution in [3.05, 3.63) is 30.1 Å². The van der Waals surface area contributed by atoms with Gasteiger partial charge < -0.3 is 9.88 Å². The Labute approximate surface area is 121 Å². The summed E-state index contributed by atoms with van der Waals surface area (Å²) in [5, 5.41) is 3.69. The van der Waals surface area contributed by atoms with E-state index in [1.807, 2.05) is 0 Å². The molecule has 0 bridgehead atoms. The third-order valence-corrected chi connectivity index (χ3v) is 4.74. The third-order valence-electron chi connectivity index (χ3n) is 4.74. The summed E-state index contributed by atoms with van der Waals surface area (Å²) >= 11 is 0. The van der Waals surface area contributed by atoms with Gasteiger partial charge in [0, 0.05) is 12.6 Å². The summed E-state index contributed by atoms with van der Waals surface area (Å²) in [5.74, 6) is 2.02. The van der Waals surface area contributed by atoms with Crippen molar-refractivity contribution in [2.45, 2.75) is 58.7 Å². The van der Waals surface area contributed by atoms with Crippen molar-refractivity contribution in [1.82, 2.24) is 14.9 Å². The number of nitrogens with one attached hydrogen (secondary N) is 1. The molecule has 20 heavy (non-hydrogen) atoms. The number of fused-ring (bicyclic) bond motifs is 1. The lowest BCUT2D eigenvalue weighted by Crippen LogP contribution is -2.32. The van der Waals surface area contributed by atoms with E-state index in [1.54, 1.807) is 0 Å². The van der Waals surface area contributed by atoms with E-state index < -0.39 is 0 Å². The molecule has 0 radical (unpaired) electrons. The maximum Gasteiger partial charge on any atom is 0.123 e. The summed E-state index contributed by atoms with van der Waals surface area (Å²) in [7, 11) is 0. The van der Waals surface area contributed by atoms with Gasteiger partial charge in [-0.3, -0.25) is 0 Å². The van der Waals surface area contributed by atoms with Gasteiger partial charge in [0.05, 0.1) is 17.6 Å². The molecule has 1 N–H and O–H groups in total. The fraction of sp³-hybridized carbons (Fsp3) is 0.588. The highest BCUT2D eigenvalue weighted by molar-refractivity contribution is 5.75. The zero-order chi connectivity index (χ0) is 13.9. The Kier molecular flexibility index (Phi) is 4.06. The Balaban J connectivity index is 1.73. The highest BCUT2D eigenvalue weighted by Crippen LogP contribution is 2.27. The number of rotatable bonds is 5. The summed E-state index contributed by atoms with van der Waals surface area (Å²) in [6.45, 7) is 6.38. The van der Waals surface area contributed by atoms with E-state index in [0.29, 0.717) is 6.04 Å². The first-order chi connectivity index (χ1) is 9.79. The third kappa shape index (κ3) is 2.59. The van der Waals surface area contributed by atoms with E-state index in [1.165, 1.54) is 37.0 Å². The number of hydrogen-bond donors (Lipinski definition) is 1. The lowest BCUT2D eigenvalue weighted by atomic mass is 10.00. The van der Waals surface area contributed by atoms with E-state index in [-0.39, 0.29) is 0 Å². The standard InChI is InChI=1S/C17H25N3/c1-3-20-16-11-7-6-10-15(16)19-17(20)12-18-13(2)14-8-4-5-9-14/h6-7,10-11,13-14,18H,3-5,8-9,12H2,1-2H3/t13-/m0/s1.